The van der Waals surface area contributed by atoms with Gasteiger partial charge in [-0.25, -0.2) is 9.36 Å². The number of pyridine rings is 2. The Morgan fingerprint density at radius 2 is 0.989 bits per heavy atom. The van der Waals surface area contributed by atoms with E-state index in [0.29, 0.717) is 32.8 Å². The van der Waals surface area contributed by atoms with Crippen LogP contribution >= 0.6 is 47.0 Å². The van der Waals surface area contributed by atoms with Crippen LogP contribution in [0.2, 0.25) is 0 Å². The maximum absolute atomic E-state index is 13.5. The number of carboxylic acid groups (broad SMARTS) is 2. The second-order valence-electron chi connectivity index (χ2n) is 18.8. The Balaban J connectivity index is 0.000000269. The standard InChI is InChI=1S/2C25H24N8O7S2.2Na.H2O/c2*1-11-7-16(35)15(8-26-11)20(36)27-17(12-3-5-14(34)6-4-12)21(37)28-18-22(38)33-19(24(39)40)13(9-41-23(18)33)10-42-25-29-30-31-32(25)2;;;/h2*3-8,17-18,23,34H,9-10H2,1-2H3,(H,26,35)(H,27,36)(H,28,37)(H,39,40);;;1H2/q;;2*+1;/p-2/t2*17-,18-,23-;;;/m11.../s1. The predicted molar refractivity (Wildman–Crippen MR) is 297 cm³/mol. The van der Waals surface area contributed by atoms with Crippen molar-refractivity contribution < 1.29 is 123 Å². The molecule has 0 radical (unpaired) electrons. The number of nitrogens with zero attached hydrogens (tertiary/aromatic N) is 10. The number of phenolic OH excluding ortho intramolecular Hbond substituents is 2. The van der Waals surface area contributed by atoms with Crippen molar-refractivity contribution in [3.63, 3.8) is 0 Å². The van der Waals surface area contributed by atoms with E-state index >= 15 is 0 Å². The second kappa shape index (κ2) is 29.6. The molecule has 0 spiro atoms. The van der Waals surface area contributed by atoms with E-state index in [-0.39, 0.29) is 133 Å². The second-order valence-corrected chi connectivity index (χ2v) is 22.9. The number of carbonyl (C=O) groups excluding carboxylic acids is 8. The number of nitrogens with one attached hydrogen (secondary N) is 6. The fourth-order valence-corrected chi connectivity index (χ4v) is 13.6. The van der Waals surface area contributed by atoms with Crippen LogP contribution in [0.1, 0.15) is 55.3 Å². The first-order chi connectivity index (χ1) is 40.1. The van der Waals surface area contributed by atoms with Gasteiger partial charge < -0.3 is 66.7 Å². The summed E-state index contributed by atoms with van der Waals surface area (Å²) in [5.74, 6) is -6.84. The molecular weight excluding hydrogens is 1240 g/mol. The minimum atomic E-state index is -1.53. The van der Waals surface area contributed by atoms with Gasteiger partial charge in [-0.2, -0.15) is 0 Å². The van der Waals surface area contributed by atoms with Crippen molar-refractivity contribution >= 4 is 94.4 Å². The predicted octanol–water partition coefficient (Wildman–Crippen LogP) is -9.66. The number of fused-ring (bicyclic) bond motifs is 2. The van der Waals surface area contributed by atoms with Crippen molar-refractivity contribution in [1.82, 2.24) is 81.4 Å². The molecule has 2 saturated heterocycles. The Hall–Kier alpha value is -7.32. The van der Waals surface area contributed by atoms with E-state index in [4.69, 9.17) is 0 Å². The van der Waals surface area contributed by atoms with Crippen LogP contribution < -0.4 is 101 Å². The van der Waals surface area contributed by atoms with E-state index in [2.05, 4.69) is 62.3 Å². The number of aromatic hydroxyl groups is 2. The zero-order chi connectivity index (χ0) is 60.3. The van der Waals surface area contributed by atoms with Gasteiger partial charge in [0.15, 0.2) is 10.9 Å². The number of H-pyrrole nitrogens is 2. The largest absolute Gasteiger partial charge is 1.00 e. The van der Waals surface area contributed by atoms with E-state index in [1.807, 2.05) is 0 Å². The summed E-state index contributed by atoms with van der Waals surface area (Å²) in [5, 5.41) is 75.5. The summed E-state index contributed by atoms with van der Waals surface area (Å²) in [6, 6.07) is 8.54. The van der Waals surface area contributed by atoms with Crippen molar-refractivity contribution in [3.05, 3.63) is 150 Å². The number of aliphatic carboxylic acids is 2. The Kier molecular flexibility index (Phi) is 23.4. The molecule has 6 amide bonds. The number of tetrazole rings is 2. The summed E-state index contributed by atoms with van der Waals surface area (Å²) in [4.78, 5) is 136. The van der Waals surface area contributed by atoms with Gasteiger partial charge in [-0.15, -0.1) is 33.7 Å². The maximum atomic E-state index is 13.5. The van der Waals surface area contributed by atoms with Gasteiger partial charge in [0, 0.05) is 73.0 Å². The van der Waals surface area contributed by atoms with Gasteiger partial charge in [0.25, 0.3) is 23.6 Å². The van der Waals surface area contributed by atoms with E-state index in [0.717, 1.165) is 9.80 Å². The smallest absolute Gasteiger partial charge is 0.543 e. The van der Waals surface area contributed by atoms with Crippen LogP contribution in [-0.2, 0) is 42.9 Å². The first-order valence-corrected chi connectivity index (χ1v) is 28.8. The Morgan fingerprint density at radius 3 is 1.30 bits per heavy atom. The molecule has 2 aromatic carbocycles. The third-order valence-corrected chi connectivity index (χ3v) is 18.0. The zero-order valence-electron chi connectivity index (χ0n) is 46.6. The Labute approximate surface area is 552 Å². The molecule has 4 aliphatic heterocycles. The van der Waals surface area contributed by atoms with Gasteiger partial charge in [-0.1, -0.05) is 47.8 Å². The summed E-state index contributed by atoms with van der Waals surface area (Å²) in [6.07, 6.45) is 2.46. The van der Waals surface area contributed by atoms with Crippen LogP contribution in [0, 0.1) is 13.8 Å². The summed E-state index contributed by atoms with van der Waals surface area (Å²) < 4.78 is 2.86. The third-order valence-electron chi connectivity index (χ3n) is 13.1. The van der Waals surface area contributed by atoms with Gasteiger partial charge in [-0.3, -0.25) is 48.2 Å². The molecule has 0 saturated carbocycles. The van der Waals surface area contributed by atoms with Crippen LogP contribution in [0.4, 0.5) is 0 Å². The maximum Gasteiger partial charge on any atom is 1.00 e. The van der Waals surface area contributed by atoms with Gasteiger partial charge in [-0.05, 0) is 81.2 Å². The number of β-lactam (4-membered cyclic amide) rings is 2. The minimum Gasteiger partial charge on any atom is -0.543 e. The molecule has 6 atom stereocenters. The first-order valence-electron chi connectivity index (χ1n) is 24.8. The van der Waals surface area contributed by atoms with E-state index in [9.17, 15) is 68.4 Å². The molecule has 0 bridgehead atoms. The van der Waals surface area contributed by atoms with Gasteiger partial charge >= 0.3 is 59.1 Å². The first kappa shape index (κ1) is 68.8. The zero-order valence-corrected chi connectivity index (χ0v) is 53.9. The molecule has 10 rings (SSSR count). The number of rotatable bonds is 18. The quantitative estimate of drug-likeness (QED) is 0.0225. The van der Waals surface area contributed by atoms with Crippen LogP contribution in [0.25, 0.3) is 0 Å². The van der Waals surface area contributed by atoms with Crippen molar-refractivity contribution in [2.75, 3.05) is 23.0 Å². The number of aromatic nitrogens is 10. The van der Waals surface area contributed by atoms with Crippen molar-refractivity contribution in [3.8, 4) is 11.5 Å². The van der Waals surface area contributed by atoms with E-state index in [1.54, 1.807) is 27.9 Å². The Morgan fingerprint density at radius 1 is 0.632 bits per heavy atom. The van der Waals surface area contributed by atoms with E-state index in [1.165, 1.54) is 129 Å². The molecule has 6 aromatic rings. The molecule has 4 aliphatic rings. The average molecular weight is 1290 g/mol. The van der Waals surface area contributed by atoms with Gasteiger partial charge in [0.2, 0.25) is 22.1 Å². The number of carboxylic acids is 2. The SMILES string of the molecule is Cc1cc(=O)c(C(=O)N[C@@H](C(=O)N[C@@H]2C(=O)N3C(C(=O)[O-])=C(CSc4nnnn4C)CS[C@H]23)c2ccc(O)cc2)c[nH]1.Cc1cc(=O)c(C(=O)N[C@@H](C(=O)N[C@@H]2C(=O)N3C(C(=O)[O-])=C(CSc4nnnn4C)CS[C@H]23)c2ccc(O)cc2)c[nH]1.O.[Na+].[Na+]. The summed E-state index contributed by atoms with van der Waals surface area (Å²) >= 11 is 4.94. The number of carbonyl (C=O) groups is 8. The van der Waals surface area contributed by atoms with Gasteiger partial charge in [0.05, 0.1) is 23.3 Å². The molecule has 37 heteroatoms. The van der Waals surface area contributed by atoms with E-state index < -0.39 is 93.2 Å². The molecule has 31 nitrogen and oxygen atoms in total. The summed E-state index contributed by atoms with van der Waals surface area (Å²) in [6.45, 7) is 3.30. The fourth-order valence-electron chi connectivity index (χ4n) is 8.88. The number of amides is 6. The number of aryl methyl sites for hydroxylation is 4. The number of hydrogen-bond donors (Lipinski definition) is 8. The normalized spacial score (nSPS) is 18.0. The fraction of sp³-hybridized carbons (Fsp3) is 0.280. The Bertz CT molecular complexity index is 3600. The van der Waals surface area contributed by atoms with Crippen LogP contribution in [0.3, 0.4) is 0 Å². The number of aromatic amines is 2. The molecule has 4 aromatic heterocycles. The monoisotopic (exact) mass is 1290 g/mol. The van der Waals surface area contributed by atoms with Crippen molar-refractivity contribution in [1.29, 1.82) is 0 Å². The van der Waals surface area contributed by atoms with Crippen molar-refractivity contribution in [2.45, 2.75) is 59.1 Å². The number of thioether (sulfide) groups is 4. The van der Waals surface area contributed by atoms with Crippen LogP contribution in [0.15, 0.2) is 115 Å². The molecule has 0 aliphatic carbocycles. The van der Waals surface area contributed by atoms with Crippen molar-refractivity contribution in [2.24, 2.45) is 14.1 Å². The third kappa shape index (κ3) is 15.2. The molecule has 8 heterocycles. The summed E-state index contributed by atoms with van der Waals surface area (Å²) in [5.41, 5.74) is 0.433. The van der Waals surface area contributed by atoms with Crippen LogP contribution in [-0.4, -0.2) is 169 Å². The average Bonchev–Trinajstić information content (AvgIpc) is 0.932. The topological polar surface area (TPSA) is 462 Å². The molecule has 2 fully saturated rings. The number of phenols is 2. The molecule has 10 N–H and O–H groups in total. The van der Waals surface area contributed by atoms with Crippen LogP contribution in [0.5, 0.6) is 11.5 Å². The molecular formula is C50H48N16Na2O15S4. The minimum absolute atomic E-state index is 0. The number of hydrogen-bond acceptors (Lipinski definition) is 24. The summed E-state index contributed by atoms with van der Waals surface area (Å²) in [7, 11) is 3.28. The number of benzene rings is 2. The molecule has 87 heavy (non-hydrogen) atoms. The van der Waals surface area contributed by atoms with Gasteiger partial charge in [0.1, 0.15) is 57.5 Å². The molecule has 0 unspecified atom stereocenters. The molecule has 444 valence electrons.